The number of hydrogen-bond donors (Lipinski definition) is 3. The molecule has 284 valence electrons. The number of alkyl halides is 9. The molecule has 0 radical (unpaired) electrons. The van der Waals surface area contributed by atoms with Crippen molar-refractivity contribution in [2.75, 3.05) is 45.8 Å². The quantitative estimate of drug-likeness (QED) is 0.364. The van der Waals surface area contributed by atoms with E-state index < -0.39 is 36.4 Å². The van der Waals surface area contributed by atoms with Gasteiger partial charge in [-0.3, -0.25) is 14.7 Å². The molecular formula is C30H39F9N4O7. The zero-order chi connectivity index (χ0) is 38.1. The summed E-state index contributed by atoms with van der Waals surface area (Å²) in [6.07, 6.45) is -6.10. The number of aliphatic carboxylic acids is 3. The number of amides is 1. The molecule has 3 N–H and O–H groups in total. The molecule has 1 saturated carbocycles. The summed E-state index contributed by atoms with van der Waals surface area (Å²) >= 11 is 0. The largest absolute Gasteiger partial charge is 0.490 e. The highest BCUT2D eigenvalue weighted by Crippen LogP contribution is 2.62. The van der Waals surface area contributed by atoms with Crippen molar-refractivity contribution in [1.29, 1.82) is 0 Å². The Morgan fingerprint density at radius 2 is 1.24 bits per heavy atom. The molecule has 4 fully saturated rings. The van der Waals surface area contributed by atoms with Crippen LogP contribution in [0.5, 0.6) is 0 Å². The molecule has 4 aliphatic rings. The van der Waals surface area contributed by atoms with Gasteiger partial charge in [0.1, 0.15) is 0 Å². The van der Waals surface area contributed by atoms with Crippen molar-refractivity contribution in [2.45, 2.75) is 70.5 Å². The van der Waals surface area contributed by atoms with E-state index >= 15 is 0 Å². The molecule has 0 aromatic carbocycles. The predicted octanol–water partition coefficient (Wildman–Crippen LogP) is 4.92. The first-order chi connectivity index (χ1) is 23.0. The number of hydrogen-bond acceptors (Lipinski definition) is 7. The summed E-state index contributed by atoms with van der Waals surface area (Å²) in [5.74, 6) is -7.21. The van der Waals surface area contributed by atoms with Gasteiger partial charge < -0.3 is 25.1 Å². The number of fused-ring (bicyclic) bond motifs is 2. The number of pyridine rings is 1. The third kappa shape index (κ3) is 11.4. The van der Waals surface area contributed by atoms with Gasteiger partial charge in [0.25, 0.3) is 0 Å². The molecule has 3 aliphatic heterocycles. The second-order valence-corrected chi connectivity index (χ2v) is 12.4. The lowest BCUT2D eigenvalue weighted by Crippen LogP contribution is -2.49. The molecule has 1 aliphatic carbocycles. The van der Waals surface area contributed by atoms with Crippen LogP contribution in [0.3, 0.4) is 0 Å². The van der Waals surface area contributed by atoms with Crippen LogP contribution in [-0.4, -0.2) is 123 Å². The fraction of sp³-hybridized carbons (Fsp3) is 0.700. The van der Waals surface area contributed by atoms with Crippen molar-refractivity contribution >= 4 is 23.8 Å². The third-order valence-corrected chi connectivity index (χ3v) is 9.38. The van der Waals surface area contributed by atoms with Crippen LogP contribution in [0, 0.1) is 16.7 Å². The molecule has 1 amide bonds. The Bertz CT molecular complexity index is 1240. The summed E-state index contributed by atoms with van der Waals surface area (Å²) in [6, 6.07) is 6.21. The average Bonchev–Trinajstić information content (AvgIpc) is 3.76. The Morgan fingerprint density at radius 3 is 1.64 bits per heavy atom. The first kappa shape index (κ1) is 42.5. The highest BCUT2D eigenvalue weighted by Gasteiger charge is 2.64. The standard InChI is InChI=1S/C24H36N4O.3C2HF3O2/c1-2-26-18-21-23(8-9-24(21,19-26)22(29)28-13-5-6-14-28)10-15-27(16-11-23)17-20-7-3-4-12-25-20;3*3-2(4,5)1(6)7/h3-4,7,12,21H,2,5-6,8-11,13-19H2,1H3;3*(H,6,7)/t21-,24+;;;/m0.../s1. The molecule has 20 heteroatoms. The monoisotopic (exact) mass is 738 g/mol. The first-order valence-corrected chi connectivity index (χ1v) is 15.5. The van der Waals surface area contributed by atoms with Crippen LogP contribution in [0.4, 0.5) is 39.5 Å². The van der Waals surface area contributed by atoms with Crippen molar-refractivity contribution in [1.82, 2.24) is 19.7 Å². The Morgan fingerprint density at radius 1 is 0.760 bits per heavy atom. The van der Waals surface area contributed by atoms with Gasteiger partial charge in [0.05, 0.1) is 11.1 Å². The zero-order valence-corrected chi connectivity index (χ0v) is 27.0. The van der Waals surface area contributed by atoms with E-state index in [9.17, 15) is 44.3 Å². The van der Waals surface area contributed by atoms with Gasteiger partial charge >= 0.3 is 36.4 Å². The van der Waals surface area contributed by atoms with E-state index in [1.807, 2.05) is 12.3 Å². The maximum Gasteiger partial charge on any atom is 0.490 e. The summed E-state index contributed by atoms with van der Waals surface area (Å²) in [5.41, 5.74) is 1.45. The average molecular weight is 739 g/mol. The molecule has 2 atom stereocenters. The molecule has 5 rings (SSSR count). The summed E-state index contributed by atoms with van der Waals surface area (Å²) in [6.45, 7) is 10.7. The van der Waals surface area contributed by atoms with E-state index in [1.165, 1.54) is 37.8 Å². The van der Waals surface area contributed by atoms with Crippen LogP contribution in [0.25, 0.3) is 0 Å². The maximum atomic E-state index is 13.7. The second kappa shape index (κ2) is 17.0. The van der Waals surface area contributed by atoms with Crippen LogP contribution in [0.1, 0.15) is 51.1 Å². The van der Waals surface area contributed by atoms with Crippen molar-refractivity contribution in [2.24, 2.45) is 16.7 Å². The number of aromatic nitrogens is 1. The number of carbonyl (C=O) groups excluding carboxylic acids is 1. The molecule has 0 bridgehead atoms. The Labute approximate surface area is 281 Å². The number of likely N-dealkylation sites (tertiary alicyclic amines) is 3. The highest BCUT2D eigenvalue weighted by molar-refractivity contribution is 5.84. The smallest absolute Gasteiger partial charge is 0.475 e. The third-order valence-electron chi connectivity index (χ3n) is 9.38. The van der Waals surface area contributed by atoms with Gasteiger partial charge in [0.15, 0.2) is 0 Å². The first-order valence-electron chi connectivity index (χ1n) is 15.5. The maximum absolute atomic E-state index is 13.7. The second-order valence-electron chi connectivity index (χ2n) is 12.4. The van der Waals surface area contributed by atoms with E-state index in [0.717, 1.165) is 58.8 Å². The molecule has 4 heterocycles. The van der Waals surface area contributed by atoms with Crippen LogP contribution in [0.15, 0.2) is 24.4 Å². The molecule has 1 aromatic rings. The van der Waals surface area contributed by atoms with Gasteiger partial charge in [-0.15, -0.1) is 0 Å². The Balaban J connectivity index is 0.000000338. The van der Waals surface area contributed by atoms with Gasteiger partial charge in [-0.05, 0) is 81.6 Å². The summed E-state index contributed by atoms with van der Waals surface area (Å²) in [4.78, 5) is 52.3. The van der Waals surface area contributed by atoms with E-state index in [0.29, 0.717) is 17.2 Å². The van der Waals surface area contributed by atoms with Gasteiger partial charge in [0.2, 0.25) is 5.91 Å². The molecular weight excluding hydrogens is 699 g/mol. The fourth-order valence-corrected chi connectivity index (χ4v) is 6.96. The minimum absolute atomic E-state index is 0.0937. The summed E-state index contributed by atoms with van der Waals surface area (Å²) in [7, 11) is 0. The number of rotatable bonds is 4. The Kier molecular flexibility index (Phi) is 14.5. The van der Waals surface area contributed by atoms with Crippen molar-refractivity contribution in [3.8, 4) is 0 Å². The van der Waals surface area contributed by atoms with Crippen molar-refractivity contribution in [3.05, 3.63) is 30.1 Å². The molecule has 11 nitrogen and oxygen atoms in total. The van der Waals surface area contributed by atoms with E-state index in [-0.39, 0.29) is 5.41 Å². The normalized spacial score (nSPS) is 23.4. The minimum atomic E-state index is -5.08. The van der Waals surface area contributed by atoms with E-state index in [1.54, 1.807) is 0 Å². The number of piperidine rings is 1. The molecule has 3 saturated heterocycles. The topological polar surface area (TPSA) is 152 Å². The van der Waals surface area contributed by atoms with Crippen LogP contribution in [0.2, 0.25) is 0 Å². The lowest BCUT2D eigenvalue weighted by atomic mass is 9.65. The van der Waals surface area contributed by atoms with E-state index in [2.05, 4.69) is 38.7 Å². The fourth-order valence-electron chi connectivity index (χ4n) is 6.96. The van der Waals surface area contributed by atoms with Crippen molar-refractivity contribution in [3.63, 3.8) is 0 Å². The lowest BCUT2D eigenvalue weighted by molar-refractivity contribution is -0.193. The molecule has 1 spiro atoms. The van der Waals surface area contributed by atoms with E-state index in [4.69, 9.17) is 29.7 Å². The number of carboxylic acid groups (broad SMARTS) is 3. The summed E-state index contributed by atoms with van der Waals surface area (Å²) < 4.78 is 95.2. The number of carboxylic acids is 3. The molecule has 0 unspecified atom stereocenters. The molecule has 1 aromatic heterocycles. The van der Waals surface area contributed by atoms with Crippen molar-refractivity contribution < 1.29 is 74.0 Å². The van der Waals surface area contributed by atoms with Gasteiger partial charge in [-0.2, -0.15) is 39.5 Å². The Hall–Kier alpha value is -3.68. The number of nitrogens with zero attached hydrogens (tertiary/aromatic N) is 4. The van der Waals surface area contributed by atoms with Crippen LogP contribution in [-0.2, 0) is 25.7 Å². The number of carbonyl (C=O) groups is 4. The van der Waals surface area contributed by atoms with Crippen LogP contribution >= 0.6 is 0 Å². The number of halogens is 9. The van der Waals surface area contributed by atoms with Gasteiger partial charge in [0, 0.05) is 38.9 Å². The predicted molar refractivity (Wildman–Crippen MR) is 155 cm³/mol. The summed E-state index contributed by atoms with van der Waals surface area (Å²) in [5, 5.41) is 21.4. The molecule has 50 heavy (non-hydrogen) atoms. The van der Waals surface area contributed by atoms with Crippen LogP contribution < -0.4 is 0 Å². The lowest BCUT2D eigenvalue weighted by Gasteiger charge is -2.45. The highest BCUT2D eigenvalue weighted by atomic mass is 19.4. The minimum Gasteiger partial charge on any atom is -0.475 e. The van der Waals surface area contributed by atoms with Gasteiger partial charge in [-0.25, -0.2) is 14.4 Å². The van der Waals surface area contributed by atoms with Gasteiger partial charge in [-0.1, -0.05) is 13.0 Å². The SMILES string of the molecule is CCN1C[C@H]2C3(CCN(Cc4ccccn4)CC3)CC[C@@]2(C(=O)N2CCCC2)C1.O=C(O)C(F)(F)F.O=C(O)C(F)(F)F.O=C(O)C(F)(F)F. The zero-order valence-electron chi connectivity index (χ0n) is 27.0.